The smallest absolute Gasteiger partial charge is 0.0726 e. The van der Waals surface area contributed by atoms with Crippen LogP contribution in [0.25, 0.3) is 60.5 Å². The molecule has 2 nitrogen and oxygen atoms in total. The predicted molar refractivity (Wildman–Crippen MR) is 241 cm³/mol. The zero-order chi connectivity index (χ0) is 38.3. The molecule has 0 radical (unpaired) electrons. The van der Waals surface area contributed by atoms with E-state index in [0.29, 0.717) is 0 Å². The lowest BCUT2D eigenvalue weighted by atomic mass is 9.63. The van der Waals surface area contributed by atoms with Crippen LogP contribution in [-0.2, 0) is 10.8 Å². The number of benzene rings is 9. The fraction of sp³-hybridized carbons (Fsp3) is 0.0714. The quantitative estimate of drug-likeness (QED) is 0.175. The van der Waals surface area contributed by atoms with Gasteiger partial charge in [0.25, 0.3) is 0 Å². The molecule has 0 bridgehead atoms. The fourth-order valence-corrected chi connectivity index (χ4v) is 11.5. The Bertz CT molecular complexity index is 3280. The molecule has 1 aromatic heterocycles. The monoisotopic (exact) mass is 738 g/mol. The van der Waals surface area contributed by atoms with Crippen LogP contribution in [0.4, 0.5) is 17.1 Å². The Labute approximate surface area is 337 Å². The number of fused-ring (bicyclic) bond motifs is 10. The largest absolute Gasteiger partial charge is 0.310 e. The van der Waals surface area contributed by atoms with Gasteiger partial charge in [-0.3, -0.25) is 0 Å². The summed E-state index contributed by atoms with van der Waals surface area (Å²) in [5.41, 5.74) is 20.1. The van der Waals surface area contributed by atoms with E-state index >= 15 is 0 Å². The molecule has 0 saturated carbocycles. The van der Waals surface area contributed by atoms with Gasteiger partial charge >= 0.3 is 0 Å². The van der Waals surface area contributed by atoms with Crippen molar-refractivity contribution in [2.75, 3.05) is 4.90 Å². The Kier molecular flexibility index (Phi) is 6.20. The minimum absolute atomic E-state index is 0.0537. The van der Waals surface area contributed by atoms with E-state index in [1.165, 1.54) is 99.6 Å². The van der Waals surface area contributed by atoms with Crippen molar-refractivity contribution in [3.8, 4) is 27.9 Å². The van der Waals surface area contributed by atoms with Crippen molar-refractivity contribution in [3.63, 3.8) is 0 Å². The maximum atomic E-state index is 2.55. The normalized spacial score (nSPS) is 14.7. The first-order valence-corrected chi connectivity index (χ1v) is 20.4. The van der Waals surface area contributed by atoms with Crippen LogP contribution in [0.3, 0.4) is 0 Å². The highest BCUT2D eigenvalue weighted by atomic mass is 15.1. The summed E-state index contributed by atoms with van der Waals surface area (Å²) in [6.45, 7) is 4.73. The predicted octanol–water partition coefficient (Wildman–Crippen LogP) is 14.4. The van der Waals surface area contributed by atoms with E-state index in [1.54, 1.807) is 0 Å². The molecule has 13 rings (SSSR count). The van der Waals surface area contributed by atoms with Gasteiger partial charge in [0.2, 0.25) is 0 Å². The topological polar surface area (TPSA) is 8.17 Å². The third-order valence-electron chi connectivity index (χ3n) is 13.8. The first kappa shape index (κ1) is 32.0. The summed E-state index contributed by atoms with van der Waals surface area (Å²) in [5.74, 6) is 0. The molecule has 0 fully saturated rings. The first-order valence-electron chi connectivity index (χ1n) is 20.4. The molecule has 0 unspecified atom stereocenters. The lowest BCUT2D eigenvalue weighted by Gasteiger charge is -2.38. The number of para-hydroxylation sites is 2. The Balaban J connectivity index is 1.20. The summed E-state index contributed by atoms with van der Waals surface area (Å²) < 4.78 is 2.55. The van der Waals surface area contributed by atoms with E-state index in [4.69, 9.17) is 0 Å². The van der Waals surface area contributed by atoms with Gasteiger partial charge in [-0.05, 0) is 116 Å². The van der Waals surface area contributed by atoms with Gasteiger partial charge in [-0.15, -0.1) is 0 Å². The summed E-state index contributed by atoms with van der Waals surface area (Å²) in [7, 11) is 0. The van der Waals surface area contributed by atoms with Crippen LogP contribution in [0, 0.1) is 0 Å². The van der Waals surface area contributed by atoms with Crippen molar-refractivity contribution in [2.24, 2.45) is 0 Å². The maximum absolute atomic E-state index is 2.55. The van der Waals surface area contributed by atoms with Crippen LogP contribution in [0.15, 0.2) is 194 Å². The van der Waals surface area contributed by atoms with Gasteiger partial charge in [0, 0.05) is 38.6 Å². The molecule has 3 aliphatic rings. The third-order valence-corrected chi connectivity index (χ3v) is 13.8. The maximum Gasteiger partial charge on any atom is 0.0726 e. The number of nitrogens with zero attached hydrogens (tertiary/aromatic N) is 2. The van der Waals surface area contributed by atoms with Crippen LogP contribution >= 0.6 is 0 Å². The molecule has 1 heterocycles. The van der Waals surface area contributed by atoms with E-state index in [0.717, 1.165) is 11.4 Å². The Morgan fingerprint density at radius 1 is 0.379 bits per heavy atom. The van der Waals surface area contributed by atoms with Crippen LogP contribution in [-0.4, -0.2) is 4.57 Å². The molecule has 272 valence electrons. The molecule has 2 heteroatoms. The molecule has 0 N–H and O–H groups in total. The number of aromatic nitrogens is 1. The zero-order valence-electron chi connectivity index (χ0n) is 32.4. The van der Waals surface area contributed by atoms with Gasteiger partial charge < -0.3 is 9.47 Å². The van der Waals surface area contributed by atoms with Gasteiger partial charge in [0.15, 0.2) is 0 Å². The highest BCUT2D eigenvalue weighted by molar-refractivity contribution is 6.28. The van der Waals surface area contributed by atoms with Crippen LogP contribution in [0.5, 0.6) is 0 Å². The SMILES string of the molecule is CC1(C)c2ccccc2-c2cc(-n3c4cccc5c4c4c6c(ccc(N(c7ccccc7)c7ccccc7)c6ccc43)C53c4ccccc4-c4ccccc43)ccc21. The zero-order valence-corrected chi connectivity index (χ0v) is 32.4. The van der Waals surface area contributed by atoms with Crippen molar-refractivity contribution in [3.05, 3.63) is 228 Å². The van der Waals surface area contributed by atoms with E-state index in [1.807, 2.05) is 0 Å². The highest BCUT2D eigenvalue weighted by Gasteiger charge is 2.50. The van der Waals surface area contributed by atoms with Crippen molar-refractivity contribution >= 4 is 49.6 Å². The Morgan fingerprint density at radius 2 is 0.897 bits per heavy atom. The average molecular weight is 739 g/mol. The molecule has 10 aromatic rings. The fourth-order valence-electron chi connectivity index (χ4n) is 11.5. The standard InChI is InChI=1S/C56H38N2/c1-55(2)43-23-12-9-22-40(43)42-34-37(28-30-44(42)55)58-50-27-15-26-47-53(50)54-51(58)32-29-41-49(57(35-16-5-3-6-17-35)36-18-7-4-8-19-36)33-31-48(52(41)54)56(47)45-24-13-10-20-38(45)39-21-11-14-25-46(39)56/h3-34H,1-2H3. The Hall–Kier alpha value is -7.16. The second-order valence-electron chi connectivity index (χ2n) is 16.8. The average Bonchev–Trinajstić information content (AvgIpc) is 3.86. The van der Waals surface area contributed by atoms with Crippen LogP contribution in [0.2, 0.25) is 0 Å². The molecule has 3 aliphatic carbocycles. The van der Waals surface area contributed by atoms with Crippen molar-refractivity contribution in [1.82, 2.24) is 4.57 Å². The Morgan fingerprint density at radius 3 is 1.57 bits per heavy atom. The summed E-state index contributed by atoms with van der Waals surface area (Å²) in [4.78, 5) is 2.43. The van der Waals surface area contributed by atoms with Gasteiger partial charge in [0.05, 0.1) is 22.1 Å². The molecule has 0 amide bonds. The van der Waals surface area contributed by atoms with Crippen LogP contribution in [0.1, 0.15) is 47.2 Å². The van der Waals surface area contributed by atoms with Crippen molar-refractivity contribution in [1.29, 1.82) is 0 Å². The van der Waals surface area contributed by atoms with E-state index < -0.39 is 5.41 Å². The molecular weight excluding hydrogens is 701 g/mol. The van der Waals surface area contributed by atoms with Crippen molar-refractivity contribution < 1.29 is 0 Å². The lowest BCUT2D eigenvalue weighted by Crippen LogP contribution is -2.30. The summed E-state index contributed by atoms with van der Waals surface area (Å²) >= 11 is 0. The van der Waals surface area contributed by atoms with E-state index in [2.05, 4.69) is 217 Å². The molecule has 1 spiro atoms. The second-order valence-corrected chi connectivity index (χ2v) is 16.8. The summed E-state index contributed by atoms with van der Waals surface area (Å²) in [6, 6.07) is 72.8. The van der Waals surface area contributed by atoms with Gasteiger partial charge in [-0.2, -0.15) is 0 Å². The summed E-state index contributed by atoms with van der Waals surface area (Å²) in [6.07, 6.45) is 0. The number of rotatable bonds is 4. The number of hydrogen-bond acceptors (Lipinski definition) is 1. The minimum atomic E-state index is -0.498. The highest BCUT2D eigenvalue weighted by Crippen LogP contribution is 2.63. The van der Waals surface area contributed by atoms with Gasteiger partial charge in [0.1, 0.15) is 0 Å². The van der Waals surface area contributed by atoms with Crippen molar-refractivity contribution in [2.45, 2.75) is 24.7 Å². The van der Waals surface area contributed by atoms with Crippen LogP contribution < -0.4 is 4.90 Å². The second kappa shape index (κ2) is 11.2. The molecule has 0 atom stereocenters. The van der Waals surface area contributed by atoms with E-state index in [9.17, 15) is 0 Å². The summed E-state index contributed by atoms with van der Waals surface area (Å²) in [5, 5.41) is 5.24. The van der Waals surface area contributed by atoms with Gasteiger partial charge in [-0.1, -0.05) is 153 Å². The first-order chi connectivity index (χ1) is 28.6. The molecule has 0 aliphatic heterocycles. The van der Waals surface area contributed by atoms with Gasteiger partial charge in [-0.25, -0.2) is 0 Å². The molecular formula is C56H38N2. The molecule has 58 heavy (non-hydrogen) atoms. The number of hydrogen-bond donors (Lipinski definition) is 0. The molecule has 0 saturated heterocycles. The number of anilines is 3. The third kappa shape index (κ3) is 3.83. The minimum Gasteiger partial charge on any atom is -0.310 e. The lowest BCUT2D eigenvalue weighted by molar-refractivity contribution is 0.660. The molecule has 9 aromatic carbocycles. The van der Waals surface area contributed by atoms with E-state index in [-0.39, 0.29) is 5.41 Å².